The number of hydrogen-bond donors (Lipinski definition) is 1. The smallest absolute Gasteiger partial charge is 0.244 e. The van der Waals surface area contributed by atoms with Crippen molar-refractivity contribution in [3.63, 3.8) is 0 Å². The van der Waals surface area contributed by atoms with Gasteiger partial charge in [0.15, 0.2) is 0 Å². The Hall–Kier alpha value is -2.14. The number of rotatable bonds is 5. The Bertz CT molecular complexity index is 707. The number of aryl methyl sites for hydroxylation is 1. The lowest BCUT2D eigenvalue weighted by molar-refractivity contribution is -0.122. The van der Waals surface area contributed by atoms with E-state index in [9.17, 15) is 4.79 Å². The number of hydrogen-bond acceptors (Lipinski definition) is 3. The van der Waals surface area contributed by atoms with Crippen LogP contribution in [0.15, 0.2) is 42.7 Å². The van der Waals surface area contributed by atoms with Crippen LogP contribution in [0.2, 0.25) is 0 Å². The molecule has 1 aromatic heterocycles. The van der Waals surface area contributed by atoms with E-state index in [1.165, 1.54) is 18.4 Å². The minimum atomic E-state index is -0.107. The average Bonchev–Trinajstić information content (AvgIpc) is 3.35. The summed E-state index contributed by atoms with van der Waals surface area (Å²) in [6.07, 6.45) is 8.11. The molecule has 1 saturated heterocycles. The zero-order valence-electron chi connectivity index (χ0n) is 14.1. The van der Waals surface area contributed by atoms with Gasteiger partial charge in [0, 0.05) is 25.8 Å². The zero-order valence-corrected chi connectivity index (χ0v) is 14.1. The maximum absolute atomic E-state index is 13.0. The number of benzene rings is 1. The van der Waals surface area contributed by atoms with Gasteiger partial charge in [-0.3, -0.25) is 14.8 Å². The number of piperidine rings is 1. The Balaban J connectivity index is 1.51. The number of aromatic nitrogens is 2. The molecule has 24 heavy (non-hydrogen) atoms. The van der Waals surface area contributed by atoms with Crippen molar-refractivity contribution in [2.75, 3.05) is 11.4 Å². The molecule has 0 spiro atoms. The zero-order chi connectivity index (χ0) is 16.5. The van der Waals surface area contributed by atoms with Gasteiger partial charge in [-0.2, -0.15) is 5.10 Å². The highest BCUT2D eigenvalue weighted by Gasteiger charge is 2.37. The molecule has 0 bridgehead atoms. The monoisotopic (exact) mass is 324 g/mol. The summed E-state index contributed by atoms with van der Waals surface area (Å²) in [4.78, 5) is 14.8. The Morgan fingerprint density at radius 1 is 1.21 bits per heavy atom. The fourth-order valence-electron chi connectivity index (χ4n) is 3.65. The van der Waals surface area contributed by atoms with Gasteiger partial charge >= 0.3 is 0 Å². The van der Waals surface area contributed by atoms with Crippen LogP contribution in [0.1, 0.15) is 37.3 Å². The van der Waals surface area contributed by atoms with Crippen LogP contribution >= 0.6 is 0 Å². The van der Waals surface area contributed by atoms with Crippen LogP contribution in [0.4, 0.5) is 5.69 Å². The second-order valence-corrected chi connectivity index (χ2v) is 6.95. The van der Waals surface area contributed by atoms with Crippen molar-refractivity contribution in [2.24, 2.45) is 13.0 Å². The number of nitrogens with one attached hydrogen (secondary N) is 1. The molecule has 2 atom stereocenters. The third-order valence-corrected chi connectivity index (χ3v) is 5.07. The number of carbonyl (C=O) groups is 1. The number of nitrogens with zero attached hydrogens (tertiary/aromatic N) is 3. The van der Waals surface area contributed by atoms with Gasteiger partial charge in [-0.05, 0) is 37.2 Å². The summed E-state index contributed by atoms with van der Waals surface area (Å²) in [5, 5.41) is 7.87. The van der Waals surface area contributed by atoms with Gasteiger partial charge in [0.1, 0.15) is 0 Å². The van der Waals surface area contributed by atoms with Crippen molar-refractivity contribution in [3.05, 3.63) is 48.3 Å². The predicted octanol–water partition coefficient (Wildman–Crippen LogP) is 2.66. The van der Waals surface area contributed by atoms with Crippen molar-refractivity contribution in [2.45, 2.75) is 37.8 Å². The first kappa shape index (κ1) is 15.4. The van der Waals surface area contributed by atoms with Gasteiger partial charge in [-0.15, -0.1) is 0 Å². The maximum Gasteiger partial charge on any atom is 0.244 e. The summed E-state index contributed by atoms with van der Waals surface area (Å²) in [6, 6.07) is 10.7. The van der Waals surface area contributed by atoms with E-state index in [2.05, 4.69) is 34.7 Å². The van der Waals surface area contributed by atoms with Crippen molar-refractivity contribution in [1.29, 1.82) is 0 Å². The van der Waals surface area contributed by atoms with Crippen molar-refractivity contribution in [1.82, 2.24) is 15.1 Å². The van der Waals surface area contributed by atoms with Crippen molar-refractivity contribution in [3.8, 4) is 0 Å². The van der Waals surface area contributed by atoms with E-state index >= 15 is 0 Å². The van der Waals surface area contributed by atoms with Crippen molar-refractivity contribution >= 4 is 11.6 Å². The van der Waals surface area contributed by atoms with Crippen LogP contribution in [0.5, 0.6) is 0 Å². The molecule has 1 N–H and O–H groups in total. The molecular formula is C19H24N4O. The van der Waals surface area contributed by atoms with E-state index in [1.54, 1.807) is 10.9 Å². The number of anilines is 1. The molecule has 5 heteroatoms. The Labute approximate surface area is 142 Å². The van der Waals surface area contributed by atoms with E-state index < -0.39 is 0 Å². The molecule has 5 nitrogen and oxygen atoms in total. The highest BCUT2D eigenvalue weighted by Crippen LogP contribution is 2.41. The minimum absolute atomic E-state index is 0.107. The third kappa shape index (κ3) is 3.08. The highest BCUT2D eigenvalue weighted by atomic mass is 16.2. The molecule has 126 valence electrons. The summed E-state index contributed by atoms with van der Waals surface area (Å²) in [5.41, 5.74) is 2.20. The topological polar surface area (TPSA) is 50.2 Å². The quantitative estimate of drug-likeness (QED) is 0.920. The van der Waals surface area contributed by atoms with E-state index in [0.29, 0.717) is 5.92 Å². The standard InChI is InChI=1S/C19H24N4O/c1-22-13-16(12-20-22)23-11-5-8-17(19(23)24)21-18(15-9-10-15)14-6-3-2-4-7-14/h2-4,6-7,12-13,15,17-18,21H,5,8-11H2,1H3/t17-,18+/m0/s1. The van der Waals surface area contributed by atoms with Crippen LogP contribution in [-0.2, 0) is 11.8 Å². The molecule has 0 radical (unpaired) electrons. The molecule has 2 aromatic rings. The van der Waals surface area contributed by atoms with Crippen LogP contribution in [0, 0.1) is 5.92 Å². The lowest BCUT2D eigenvalue weighted by Crippen LogP contribution is -2.52. The minimum Gasteiger partial charge on any atom is -0.308 e. The summed E-state index contributed by atoms with van der Waals surface area (Å²) >= 11 is 0. The lowest BCUT2D eigenvalue weighted by Gasteiger charge is -2.34. The van der Waals surface area contributed by atoms with Crippen LogP contribution < -0.4 is 10.2 Å². The summed E-state index contributed by atoms with van der Waals surface area (Å²) < 4.78 is 1.75. The molecule has 1 saturated carbocycles. The van der Waals surface area contributed by atoms with Gasteiger partial charge in [-0.1, -0.05) is 30.3 Å². The molecule has 1 amide bonds. The van der Waals surface area contributed by atoms with E-state index in [-0.39, 0.29) is 18.0 Å². The Morgan fingerprint density at radius 2 is 2.00 bits per heavy atom. The van der Waals surface area contributed by atoms with E-state index in [1.807, 2.05) is 24.2 Å². The first-order chi connectivity index (χ1) is 11.7. The van der Waals surface area contributed by atoms with Crippen molar-refractivity contribution < 1.29 is 4.79 Å². The maximum atomic E-state index is 13.0. The molecule has 1 aliphatic carbocycles. The normalized spacial score (nSPS) is 22.6. The average molecular weight is 324 g/mol. The molecular weight excluding hydrogens is 300 g/mol. The second-order valence-electron chi connectivity index (χ2n) is 6.95. The van der Waals surface area contributed by atoms with Gasteiger partial charge in [-0.25, -0.2) is 0 Å². The largest absolute Gasteiger partial charge is 0.308 e. The van der Waals surface area contributed by atoms with E-state index in [4.69, 9.17) is 0 Å². The molecule has 2 aliphatic rings. The Kier molecular flexibility index (Phi) is 4.10. The molecule has 1 aromatic carbocycles. The summed E-state index contributed by atoms with van der Waals surface area (Å²) in [7, 11) is 1.88. The molecule has 1 aliphatic heterocycles. The fourth-order valence-corrected chi connectivity index (χ4v) is 3.65. The third-order valence-electron chi connectivity index (χ3n) is 5.07. The second kappa shape index (κ2) is 6.40. The number of amides is 1. The van der Waals surface area contributed by atoms with Crippen LogP contribution in [-0.4, -0.2) is 28.3 Å². The molecule has 4 rings (SSSR count). The number of carbonyl (C=O) groups excluding carboxylic acids is 1. The SMILES string of the molecule is Cn1cc(N2CCC[C@H](N[C@H](c3ccccc3)C3CC3)C2=O)cn1. The van der Waals surface area contributed by atoms with Crippen LogP contribution in [0.25, 0.3) is 0 Å². The summed E-state index contributed by atoms with van der Waals surface area (Å²) in [6.45, 7) is 0.780. The predicted molar refractivity (Wildman–Crippen MR) is 93.6 cm³/mol. The van der Waals surface area contributed by atoms with E-state index in [0.717, 1.165) is 25.1 Å². The lowest BCUT2D eigenvalue weighted by atomic mass is 9.98. The highest BCUT2D eigenvalue weighted by molar-refractivity contribution is 5.97. The van der Waals surface area contributed by atoms with Gasteiger partial charge < -0.3 is 4.90 Å². The van der Waals surface area contributed by atoms with Gasteiger partial charge in [0.05, 0.1) is 17.9 Å². The van der Waals surface area contributed by atoms with Gasteiger partial charge in [0.2, 0.25) is 5.91 Å². The molecule has 2 fully saturated rings. The van der Waals surface area contributed by atoms with Gasteiger partial charge in [0.25, 0.3) is 0 Å². The first-order valence-corrected chi connectivity index (χ1v) is 8.83. The summed E-state index contributed by atoms with van der Waals surface area (Å²) in [5.74, 6) is 0.838. The van der Waals surface area contributed by atoms with Crippen LogP contribution in [0.3, 0.4) is 0 Å². The molecule has 2 heterocycles. The fraction of sp³-hybridized carbons (Fsp3) is 0.474. The first-order valence-electron chi connectivity index (χ1n) is 8.83. The Morgan fingerprint density at radius 3 is 2.67 bits per heavy atom. The molecule has 0 unspecified atom stereocenters.